The molecule has 0 aromatic rings. The van der Waals surface area contributed by atoms with Crippen molar-refractivity contribution in [2.24, 2.45) is 11.1 Å². The number of nitrogens with zero attached hydrogens (tertiary/aromatic N) is 2. The molecule has 1 atom stereocenters. The highest BCUT2D eigenvalue weighted by Crippen LogP contribution is 2.46. The molecular weight excluding hydrogens is 222 g/mol. The molecule has 0 radical (unpaired) electrons. The SMILES string of the molecule is CN(C)CCCN(C)C1(CN)CCCCC1(C)C. The minimum atomic E-state index is 0.206. The molecule has 0 heterocycles. The first-order chi connectivity index (χ1) is 8.35. The van der Waals surface area contributed by atoms with Crippen molar-refractivity contribution in [1.82, 2.24) is 9.80 Å². The molecular formula is C15H33N3. The Morgan fingerprint density at radius 1 is 1.00 bits per heavy atom. The minimum absolute atomic E-state index is 0.206. The van der Waals surface area contributed by atoms with E-state index in [9.17, 15) is 0 Å². The molecule has 3 nitrogen and oxygen atoms in total. The van der Waals surface area contributed by atoms with Crippen molar-refractivity contribution in [3.63, 3.8) is 0 Å². The fraction of sp³-hybridized carbons (Fsp3) is 1.00. The van der Waals surface area contributed by atoms with Gasteiger partial charge >= 0.3 is 0 Å². The third-order valence-electron chi connectivity index (χ3n) is 5.07. The van der Waals surface area contributed by atoms with Gasteiger partial charge in [0, 0.05) is 12.1 Å². The molecule has 1 aliphatic rings. The lowest BCUT2D eigenvalue weighted by molar-refractivity contribution is -0.0297. The molecule has 3 heteroatoms. The number of hydrogen-bond donors (Lipinski definition) is 1. The second kappa shape index (κ2) is 6.36. The Morgan fingerprint density at radius 2 is 1.61 bits per heavy atom. The molecule has 0 bridgehead atoms. The average Bonchev–Trinajstić information content (AvgIpc) is 2.28. The van der Waals surface area contributed by atoms with Crippen LogP contribution in [-0.2, 0) is 0 Å². The number of hydrogen-bond acceptors (Lipinski definition) is 3. The van der Waals surface area contributed by atoms with Gasteiger partial charge in [0.2, 0.25) is 0 Å². The van der Waals surface area contributed by atoms with Gasteiger partial charge in [-0.3, -0.25) is 4.90 Å². The van der Waals surface area contributed by atoms with Crippen LogP contribution in [0.3, 0.4) is 0 Å². The van der Waals surface area contributed by atoms with Gasteiger partial charge in [0.15, 0.2) is 0 Å². The third-order valence-corrected chi connectivity index (χ3v) is 5.07. The second-order valence-electron chi connectivity index (χ2n) is 6.91. The maximum atomic E-state index is 6.19. The molecule has 0 spiro atoms. The summed E-state index contributed by atoms with van der Waals surface area (Å²) in [5.41, 5.74) is 6.74. The van der Waals surface area contributed by atoms with Gasteiger partial charge in [-0.15, -0.1) is 0 Å². The molecule has 0 aliphatic heterocycles. The van der Waals surface area contributed by atoms with Crippen molar-refractivity contribution in [2.75, 3.05) is 40.8 Å². The highest BCUT2D eigenvalue weighted by Gasteiger charge is 2.47. The topological polar surface area (TPSA) is 32.5 Å². The molecule has 1 saturated carbocycles. The van der Waals surface area contributed by atoms with Crippen molar-refractivity contribution in [3.8, 4) is 0 Å². The first kappa shape index (κ1) is 15.9. The Kier molecular flexibility index (Phi) is 5.63. The van der Waals surface area contributed by atoms with Gasteiger partial charge in [-0.2, -0.15) is 0 Å². The van der Waals surface area contributed by atoms with Crippen LogP contribution in [0.15, 0.2) is 0 Å². The van der Waals surface area contributed by atoms with Gasteiger partial charge in [-0.05, 0) is 58.9 Å². The summed E-state index contributed by atoms with van der Waals surface area (Å²) in [4.78, 5) is 4.81. The van der Waals surface area contributed by atoms with Crippen LogP contribution < -0.4 is 5.73 Å². The highest BCUT2D eigenvalue weighted by atomic mass is 15.2. The summed E-state index contributed by atoms with van der Waals surface area (Å²) in [5.74, 6) is 0. The van der Waals surface area contributed by atoms with E-state index in [1.807, 2.05) is 0 Å². The molecule has 0 amide bonds. The Balaban J connectivity index is 2.67. The van der Waals surface area contributed by atoms with E-state index < -0.39 is 0 Å². The maximum Gasteiger partial charge on any atom is 0.0379 e. The van der Waals surface area contributed by atoms with E-state index in [1.165, 1.54) is 32.1 Å². The quantitative estimate of drug-likeness (QED) is 0.789. The molecule has 1 fully saturated rings. The van der Waals surface area contributed by atoms with Crippen LogP contribution in [0.5, 0.6) is 0 Å². The van der Waals surface area contributed by atoms with Crippen molar-refractivity contribution in [1.29, 1.82) is 0 Å². The summed E-state index contributed by atoms with van der Waals surface area (Å²) in [6.07, 6.45) is 6.48. The van der Waals surface area contributed by atoms with Crippen molar-refractivity contribution < 1.29 is 0 Å². The van der Waals surface area contributed by atoms with Crippen LogP contribution in [0.25, 0.3) is 0 Å². The van der Waals surface area contributed by atoms with E-state index in [2.05, 4.69) is 44.8 Å². The average molecular weight is 255 g/mol. The number of likely N-dealkylation sites (N-methyl/N-ethyl adjacent to an activating group) is 1. The standard InChI is InChI=1S/C15H33N3/c1-14(2)9-6-7-10-15(14,13-16)18(5)12-8-11-17(3)4/h6-13,16H2,1-5H3. The lowest BCUT2D eigenvalue weighted by Crippen LogP contribution is -2.62. The zero-order valence-electron chi connectivity index (χ0n) is 13.1. The second-order valence-corrected chi connectivity index (χ2v) is 6.91. The monoisotopic (exact) mass is 255 g/mol. The van der Waals surface area contributed by atoms with Crippen LogP contribution in [0, 0.1) is 5.41 Å². The lowest BCUT2D eigenvalue weighted by atomic mass is 9.62. The molecule has 0 saturated heterocycles. The van der Waals surface area contributed by atoms with Gasteiger partial charge in [0.05, 0.1) is 0 Å². The lowest BCUT2D eigenvalue weighted by Gasteiger charge is -2.55. The summed E-state index contributed by atoms with van der Waals surface area (Å²) in [7, 11) is 6.56. The van der Waals surface area contributed by atoms with Gasteiger partial charge in [-0.25, -0.2) is 0 Å². The molecule has 1 aliphatic carbocycles. The zero-order valence-corrected chi connectivity index (χ0v) is 13.1. The van der Waals surface area contributed by atoms with Crippen LogP contribution in [0.4, 0.5) is 0 Å². The predicted molar refractivity (Wildman–Crippen MR) is 79.8 cm³/mol. The van der Waals surface area contributed by atoms with E-state index in [0.29, 0.717) is 5.41 Å². The normalized spacial score (nSPS) is 28.0. The Hall–Kier alpha value is -0.120. The minimum Gasteiger partial charge on any atom is -0.329 e. The van der Waals surface area contributed by atoms with Crippen LogP contribution >= 0.6 is 0 Å². The van der Waals surface area contributed by atoms with Gasteiger partial charge in [-0.1, -0.05) is 26.7 Å². The van der Waals surface area contributed by atoms with Crippen LogP contribution in [0.1, 0.15) is 46.0 Å². The Bertz CT molecular complexity index is 250. The molecule has 1 rings (SSSR count). The first-order valence-electron chi connectivity index (χ1n) is 7.42. The number of rotatable bonds is 6. The Morgan fingerprint density at radius 3 is 2.11 bits per heavy atom. The molecule has 18 heavy (non-hydrogen) atoms. The van der Waals surface area contributed by atoms with Gasteiger partial charge < -0.3 is 10.6 Å². The van der Waals surface area contributed by atoms with E-state index in [4.69, 9.17) is 5.73 Å². The van der Waals surface area contributed by atoms with Crippen molar-refractivity contribution >= 4 is 0 Å². The molecule has 2 N–H and O–H groups in total. The van der Waals surface area contributed by atoms with Crippen molar-refractivity contribution in [3.05, 3.63) is 0 Å². The first-order valence-corrected chi connectivity index (χ1v) is 7.42. The summed E-state index contributed by atoms with van der Waals surface area (Å²) in [5, 5.41) is 0. The summed E-state index contributed by atoms with van der Waals surface area (Å²) < 4.78 is 0. The van der Waals surface area contributed by atoms with E-state index in [0.717, 1.165) is 19.6 Å². The summed E-state index contributed by atoms with van der Waals surface area (Å²) >= 11 is 0. The molecule has 0 aromatic carbocycles. The van der Waals surface area contributed by atoms with Crippen LogP contribution in [0.2, 0.25) is 0 Å². The third kappa shape index (κ3) is 3.25. The number of nitrogens with two attached hydrogens (primary N) is 1. The fourth-order valence-corrected chi connectivity index (χ4v) is 3.64. The van der Waals surface area contributed by atoms with E-state index in [1.54, 1.807) is 0 Å². The molecule has 1 unspecified atom stereocenters. The smallest absolute Gasteiger partial charge is 0.0379 e. The van der Waals surface area contributed by atoms with E-state index in [-0.39, 0.29) is 5.54 Å². The predicted octanol–water partition coefficient (Wildman–Crippen LogP) is 2.17. The van der Waals surface area contributed by atoms with Gasteiger partial charge in [0.1, 0.15) is 0 Å². The fourth-order valence-electron chi connectivity index (χ4n) is 3.64. The van der Waals surface area contributed by atoms with Gasteiger partial charge in [0.25, 0.3) is 0 Å². The summed E-state index contributed by atoms with van der Waals surface area (Å²) in [6, 6.07) is 0. The maximum absolute atomic E-state index is 6.19. The zero-order chi connectivity index (χ0) is 13.8. The molecule has 108 valence electrons. The van der Waals surface area contributed by atoms with E-state index >= 15 is 0 Å². The largest absolute Gasteiger partial charge is 0.329 e. The summed E-state index contributed by atoms with van der Waals surface area (Å²) in [6.45, 7) is 7.91. The molecule has 0 aromatic heterocycles. The van der Waals surface area contributed by atoms with Crippen LogP contribution in [-0.4, -0.2) is 56.1 Å². The van der Waals surface area contributed by atoms with Crippen molar-refractivity contribution in [2.45, 2.75) is 51.5 Å². The Labute approximate surface area is 114 Å². The highest BCUT2D eigenvalue weighted by molar-refractivity contribution is 5.04.